The summed E-state index contributed by atoms with van der Waals surface area (Å²) < 4.78 is 11.6. The second-order valence-corrected chi connectivity index (χ2v) is 30.2. The Balaban J connectivity index is 0.000000158. The number of azo groups is 3. The van der Waals surface area contributed by atoms with Crippen LogP contribution in [0.1, 0.15) is 113 Å². The van der Waals surface area contributed by atoms with Crippen molar-refractivity contribution in [3.05, 3.63) is 354 Å². The van der Waals surface area contributed by atoms with Crippen LogP contribution in [0.2, 0.25) is 0 Å². The van der Waals surface area contributed by atoms with Crippen molar-refractivity contribution in [2.45, 2.75) is 46.3 Å². The van der Waals surface area contributed by atoms with E-state index in [1.165, 1.54) is 57.2 Å². The molecule has 4 aromatic heterocycles. The molecule has 14 N–H and O–H groups in total. The Morgan fingerprint density at radius 2 is 0.701 bits per heavy atom. The number of rotatable bonds is 27. The van der Waals surface area contributed by atoms with Crippen LogP contribution in [0.25, 0.3) is 44.5 Å². The summed E-state index contributed by atoms with van der Waals surface area (Å²) in [5.41, 5.74) is 13.8. The second kappa shape index (κ2) is 40.7. The van der Waals surface area contributed by atoms with Crippen molar-refractivity contribution in [3.63, 3.8) is 0 Å². The number of nitrogens with zero attached hydrogens (tertiary/aromatic N) is 9. The van der Waals surface area contributed by atoms with Gasteiger partial charge in [-0.3, -0.25) is 57.5 Å². The first kappa shape index (κ1) is 92.2. The number of carbonyl (C=O) groups is 12. The smallest absolute Gasteiger partial charge is 0.323 e. The number of anilines is 8. The molecule has 16 aromatic rings. The normalized spacial score (nSPS) is 12.4. The predicted molar refractivity (Wildman–Crippen MR) is 506 cm³/mol. The summed E-state index contributed by atoms with van der Waals surface area (Å²) in [6, 6.07) is 67.7. The summed E-state index contributed by atoms with van der Waals surface area (Å²) in [6.45, 7) is 3.29. The third kappa shape index (κ3) is 21.2. The summed E-state index contributed by atoms with van der Waals surface area (Å²) in [4.78, 5) is 217. The molecule has 39 nitrogen and oxygen atoms in total. The lowest BCUT2D eigenvalue weighted by Crippen LogP contribution is -2.31. The highest BCUT2D eigenvalue weighted by molar-refractivity contribution is 6.31. The number of aromatic amines is 6. The monoisotopic (exact) mass is 1830 g/mol. The average Bonchev–Trinajstić information content (AvgIpc) is 0.924. The van der Waals surface area contributed by atoms with Gasteiger partial charge in [-0.15, -0.1) is 0 Å². The van der Waals surface area contributed by atoms with Crippen molar-refractivity contribution in [1.82, 2.24) is 44.9 Å². The van der Waals surface area contributed by atoms with Crippen molar-refractivity contribution in [1.29, 1.82) is 0 Å². The van der Waals surface area contributed by atoms with Gasteiger partial charge in [0.15, 0.2) is 57.8 Å². The van der Waals surface area contributed by atoms with Crippen molar-refractivity contribution in [2.75, 3.05) is 38.7 Å². The van der Waals surface area contributed by atoms with Gasteiger partial charge in [0.25, 0.3) is 23.6 Å². The molecular formula is C98H76N22O17. The Bertz CT molecular complexity index is 7540. The molecular weight excluding hydrogens is 1760 g/mol. The van der Waals surface area contributed by atoms with Gasteiger partial charge in [0.05, 0.1) is 61.3 Å². The van der Waals surface area contributed by atoms with Crippen LogP contribution < -0.4 is 64.2 Å². The van der Waals surface area contributed by atoms with Gasteiger partial charge in [-0.25, -0.2) is 14.4 Å². The minimum absolute atomic E-state index is 0. The number of hydrogen-bond acceptors (Lipinski definition) is 28. The van der Waals surface area contributed by atoms with E-state index in [1.807, 2.05) is 30.3 Å². The molecule has 0 fully saturated rings. The van der Waals surface area contributed by atoms with Crippen LogP contribution in [-0.4, -0.2) is 140 Å². The number of carbonyl (C=O) groups excluding carboxylic acids is 12. The Labute approximate surface area is 772 Å². The lowest BCUT2D eigenvalue weighted by Gasteiger charge is -2.21. The molecule has 5 amide bonds. The standard InChI is InChI=1S/C37H21N5O4.C35H30N10O8.C25H21N7O5.CH4/c43-31-21-12-4-6-14-23(21)33(45)29-25(31)16-8-18-27(29)38-36-40-35(20-10-2-1-3-11-20)41-37(42-36)39-28-19-9-17-26-30(28)34(46)24-15-7-5-13-22(24)32(26)44;1-18(46)30(32(48)36-20-11-13-22-26(15-20)40-34(50)38-22)44-42-24-7-3-5-9-28(24)52-17-53-29-10-6-4-8-25(29)43-45-31(19(2)47)33(49)37-21-12-14-23-27(16-21)41-35(51)39-23;1-13(33)21(24(36)28-18-10-11-19-20(12-18)30-25(37)29-19)32-31-17-8-4-15(5-9-17)23(35)27-16-6-2-14(3-7-16)22(26)34;/h1-19H,(H2,38,39,40,41,42);3-16,30-31H,17H2,1-2H3,(H,36,48)(H,37,49)(H2,38,40,50)(H2,39,41,51);2-12,21H,1H3,(H2,26,34)(H,27,35)(H,28,36)(H2,29,30,37);1H4. The number of hydrogen-bond donors (Lipinski definition) is 13. The number of para-hydroxylation sites is 2. The van der Waals surface area contributed by atoms with Gasteiger partial charge in [0.2, 0.25) is 42.7 Å². The van der Waals surface area contributed by atoms with E-state index in [9.17, 15) is 71.9 Å². The van der Waals surface area contributed by atoms with Gasteiger partial charge >= 0.3 is 17.1 Å². The third-order valence-electron chi connectivity index (χ3n) is 20.9. The second-order valence-electron chi connectivity index (χ2n) is 30.2. The van der Waals surface area contributed by atoms with E-state index in [0.717, 1.165) is 0 Å². The lowest BCUT2D eigenvalue weighted by atomic mass is 9.83. The Morgan fingerprint density at radius 1 is 0.350 bits per heavy atom. The lowest BCUT2D eigenvalue weighted by molar-refractivity contribution is -0.127. The van der Waals surface area contributed by atoms with Gasteiger partial charge in [0.1, 0.15) is 11.4 Å². The molecule has 0 saturated heterocycles. The molecule has 137 heavy (non-hydrogen) atoms. The number of H-pyrrole nitrogens is 6. The first-order valence-electron chi connectivity index (χ1n) is 41.3. The fraction of sp³-hybridized carbons (Fsp3) is 0.0816. The summed E-state index contributed by atoms with van der Waals surface area (Å²) >= 11 is 0. The Morgan fingerprint density at radius 3 is 1.10 bits per heavy atom. The molecule has 4 heterocycles. The van der Waals surface area contributed by atoms with E-state index in [4.69, 9.17) is 15.2 Å². The number of imidazole rings is 3. The number of amides is 5. The molecule has 2 aliphatic carbocycles. The maximum atomic E-state index is 13.6. The number of primary amides is 1. The predicted octanol–water partition coefficient (Wildman–Crippen LogP) is 14.9. The van der Waals surface area contributed by atoms with Crippen LogP contribution in [0.5, 0.6) is 11.5 Å². The van der Waals surface area contributed by atoms with Crippen molar-refractivity contribution >= 4 is 166 Å². The summed E-state index contributed by atoms with van der Waals surface area (Å²) in [7, 11) is 0. The topological polar surface area (TPSA) is 580 Å². The molecule has 2 aliphatic rings. The van der Waals surface area contributed by atoms with Gasteiger partial charge < -0.3 is 77.0 Å². The van der Waals surface area contributed by atoms with Crippen LogP contribution in [0.15, 0.2) is 312 Å². The first-order chi connectivity index (χ1) is 65.7. The molecule has 12 aromatic carbocycles. The zero-order chi connectivity index (χ0) is 95.4. The van der Waals surface area contributed by atoms with Crippen LogP contribution in [-0.2, 0) is 28.8 Å². The van der Waals surface area contributed by atoms with Crippen molar-refractivity contribution in [2.24, 2.45) is 36.4 Å². The zero-order valence-corrected chi connectivity index (χ0v) is 71.4. The van der Waals surface area contributed by atoms with Gasteiger partial charge in [0, 0.05) is 72.8 Å². The number of fused-ring (bicyclic) bond motifs is 7. The minimum atomic E-state index is -1.48. The highest BCUT2D eigenvalue weighted by atomic mass is 16.7. The van der Waals surface area contributed by atoms with E-state index < -0.39 is 76.4 Å². The summed E-state index contributed by atoms with van der Waals surface area (Å²) in [5.74, 6) is -4.86. The van der Waals surface area contributed by atoms with E-state index in [-0.39, 0.29) is 100 Å². The van der Waals surface area contributed by atoms with Gasteiger partial charge in [-0.1, -0.05) is 135 Å². The number of aromatic nitrogens is 9. The fourth-order valence-corrected chi connectivity index (χ4v) is 14.3. The van der Waals surface area contributed by atoms with Crippen molar-refractivity contribution in [3.8, 4) is 22.9 Å². The molecule has 18 rings (SSSR count). The molecule has 0 spiro atoms. The molecule has 0 saturated carbocycles. The van der Waals surface area contributed by atoms with Crippen LogP contribution >= 0.6 is 0 Å². The first-order valence-corrected chi connectivity index (χ1v) is 41.3. The maximum Gasteiger partial charge on any atom is 0.323 e. The highest BCUT2D eigenvalue weighted by Crippen LogP contribution is 2.38. The number of benzene rings is 12. The van der Waals surface area contributed by atoms with Crippen molar-refractivity contribution < 1.29 is 67.0 Å². The molecule has 0 aliphatic heterocycles. The van der Waals surface area contributed by atoms with Crippen LogP contribution in [0.3, 0.4) is 0 Å². The number of nitrogens with two attached hydrogens (primary N) is 1. The number of ketones is 7. The van der Waals surface area contributed by atoms with E-state index >= 15 is 0 Å². The molecule has 680 valence electrons. The Kier molecular flexibility index (Phi) is 27.4. The van der Waals surface area contributed by atoms with E-state index in [0.29, 0.717) is 118 Å². The molecule has 0 bridgehead atoms. The Hall–Kier alpha value is -19.5. The molecule has 0 radical (unpaired) electrons. The highest BCUT2D eigenvalue weighted by Gasteiger charge is 2.35. The summed E-state index contributed by atoms with van der Waals surface area (Å²) in [6.07, 6.45) is 0. The van der Waals surface area contributed by atoms with Gasteiger partial charge in [-0.05, 0) is 160 Å². The zero-order valence-electron chi connectivity index (χ0n) is 71.4. The molecule has 3 unspecified atom stereocenters. The average molecular weight is 1830 g/mol. The maximum absolute atomic E-state index is 13.6. The van der Waals surface area contributed by atoms with Gasteiger partial charge in [-0.2, -0.15) is 45.6 Å². The number of ether oxygens (including phenoxy) is 2. The van der Waals surface area contributed by atoms with Crippen LogP contribution in [0, 0.1) is 0 Å². The minimum Gasteiger partial charge on any atom is -0.455 e. The van der Waals surface area contributed by atoms with Crippen LogP contribution in [0.4, 0.5) is 63.1 Å². The number of nitrogens with one attached hydrogen (secondary N) is 12. The fourth-order valence-electron chi connectivity index (χ4n) is 14.3. The third-order valence-corrected chi connectivity index (χ3v) is 20.9. The largest absolute Gasteiger partial charge is 0.455 e. The molecule has 3 atom stereocenters. The molecule has 39 heteroatoms. The van der Waals surface area contributed by atoms with E-state index in [1.54, 1.807) is 200 Å². The SMILES string of the molecule is C.CC(=O)C(N=Nc1ccc(C(=O)Nc2ccc(C(N)=O)cc2)cc1)C(=O)Nc1ccc2[nH]c(=O)[nH]c2c1.CC(=O)C(N=Nc1ccccc1OCOc1ccccc1N=NC(C(C)=O)C(=O)Nc1ccc2[nH]c(=O)[nH]c2c1)C(=O)Nc1ccc2[nH]c(=O)[nH]c2c1.O=C1c2ccccc2C(=O)c2c(Nc3nc(Nc4cccc5c4C(=O)c4ccccc4C5=O)nc(-c4ccccc4)n3)cccc21. The van der Waals surface area contributed by atoms with E-state index in [2.05, 4.69) is 107 Å². The quantitative estimate of drug-likeness (QED) is 0.0129. The summed E-state index contributed by atoms with van der Waals surface area (Å²) in [5, 5.41) is 40.8. The number of Topliss-reactive ketones (excluding diaryl/α,β-unsaturated/α-hetero) is 3.